The summed E-state index contributed by atoms with van der Waals surface area (Å²) in [5, 5.41) is 9.66. The maximum absolute atomic E-state index is 13.0. The van der Waals surface area contributed by atoms with Crippen LogP contribution in [-0.4, -0.2) is 64.4 Å². The number of aryl methyl sites for hydroxylation is 1. The lowest BCUT2D eigenvalue weighted by atomic mass is 9.76. The third kappa shape index (κ3) is 5.11. The van der Waals surface area contributed by atoms with Crippen molar-refractivity contribution >= 4 is 36.6 Å². The number of rotatable bonds is 5. The van der Waals surface area contributed by atoms with Crippen molar-refractivity contribution in [2.75, 3.05) is 32.7 Å². The molecule has 2 fully saturated rings. The van der Waals surface area contributed by atoms with Gasteiger partial charge in [-0.15, -0.1) is 24.8 Å². The number of fused-ring (bicyclic) bond motifs is 1. The summed E-state index contributed by atoms with van der Waals surface area (Å²) in [6.45, 7) is 2.46. The van der Waals surface area contributed by atoms with E-state index in [-0.39, 0.29) is 60.3 Å². The highest BCUT2D eigenvalue weighted by Gasteiger charge is 2.53. The van der Waals surface area contributed by atoms with E-state index < -0.39 is 0 Å². The van der Waals surface area contributed by atoms with Crippen LogP contribution >= 0.6 is 24.8 Å². The molecule has 31 heavy (non-hydrogen) atoms. The second-order valence-electron chi connectivity index (χ2n) is 8.14. The van der Waals surface area contributed by atoms with Gasteiger partial charge in [-0.3, -0.25) is 14.6 Å². The largest absolute Gasteiger partial charge is 0.506 e. The number of nitrogens with two attached hydrogens (primary N) is 1. The van der Waals surface area contributed by atoms with Crippen molar-refractivity contribution in [3.63, 3.8) is 0 Å². The van der Waals surface area contributed by atoms with E-state index in [0.717, 1.165) is 12.8 Å². The number of carbonyl (C=O) groups excluding carboxylic acids is 2. The number of carbonyl (C=O) groups is 2. The molecule has 0 bridgehead atoms. The molecule has 2 saturated heterocycles. The van der Waals surface area contributed by atoms with Crippen LogP contribution in [0.1, 0.15) is 22.3 Å². The second kappa shape index (κ2) is 10.3. The maximum atomic E-state index is 13.0. The van der Waals surface area contributed by atoms with Crippen molar-refractivity contribution in [1.29, 1.82) is 0 Å². The Balaban J connectivity index is 0.00000171. The zero-order valence-corrected chi connectivity index (χ0v) is 18.8. The highest BCUT2D eigenvalue weighted by Crippen LogP contribution is 2.46. The molecule has 9 heteroatoms. The van der Waals surface area contributed by atoms with Crippen molar-refractivity contribution in [3.05, 3.63) is 59.9 Å². The van der Waals surface area contributed by atoms with Gasteiger partial charge in [-0.25, -0.2) is 0 Å². The fourth-order valence-electron chi connectivity index (χ4n) is 4.78. The van der Waals surface area contributed by atoms with Gasteiger partial charge in [0.1, 0.15) is 5.75 Å². The molecule has 3 N–H and O–H groups in total. The third-order valence-corrected chi connectivity index (χ3v) is 6.30. The van der Waals surface area contributed by atoms with E-state index in [1.165, 1.54) is 24.0 Å². The van der Waals surface area contributed by atoms with Gasteiger partial charge in [-0.05, 0) is 24.5 Å². The van der Waals surface area contributed by atoms with Gasteiger partial charge in [0.2, 0.25) is 5.91 Å². The second-order valence-corrected chi connectivity index (χ2v) is 8.14. The molecule has 2 aliphatic rings. The molecule has 2 amide bonds. The van der Waals surface area contributed by atoms with Gasteiger partial charge in [0, 0.05) is 43.7 Å². The SMILES string of the molecule is Cl.Cl.NCC(=O)N1CC2CN(C(=O)c3cncc(O)c3)CC2(CCc2ccccc2)C1. The van der Waals surface area contributed by atoms with Crippen LogP contribution in [0.15, 0.2) is 48.8 Å². The van der Waals surface area contributed by atoms with Crippen LogP contribution in [0, 0.1) is 11.3 Å². The molecular weight excluding hydrogens is 439 g/mol. The predicted octanol–water partition coefficient (Wildman–Crippen LogP) is 2.12. The van der Waals surface area contributed by atoms with Crippen LogP contribution in [0.5, 0.6) is 5.75 Å². The summed E-state index contributed by atoms with van der Waals surface area (Å²) in [6.07, 6.45) is 4.60. The van der Waals surface area contributed by atoms with Crippen molar-refractivity contribution in [1.82, 2.24) is 14.8 Å². The summed E-state index contributed by atoms with van der Waals surface area (Å²) in [7, 11) is 0. The van der Waals surface area contributed by atoms with Gasteiger partial charge in [-0.2, -0.15) is 0 Å². The Morgan fingerprint density at radius 1 is 1.10 bits per heavy atom. The number of likely N-dealkylation sites (tertiary alicyclic amines) is 2. The van der Waals surface area contributed by atoms with Gasteiger partial charge in [0.15, 0.2) is 0 Å². The van der Waals surface area contributed by atoms with Crippen LogP contribution < -0.4 is 5.73 Å². The molecule has 2 aromatic rings. The third-order valence-electron chi connectivity index (χ3n) is 6.30. The summed E-state index contributed by atoms with van der Waals surface area (Å²) in [5.74, 6) is 0.0387. The van der Waals surface area contributed by atoms with E-state index in [4.69, 9.17) is 5.73 Å². The number of aromatic nitrogens is 1. The molecule has 0 saturated carbocycles. The van der Waals surface area contributed by atoms with Gasteiger partial charge in [0.25, 0.3) is 5.91 Å². The molecule has 0 spiro atoms. The Labute approximate surface area is 194 Å². The molecule has 2 aliphatic heterocycles. The van der Waals surface area contributed by atoms with Gasteiger partial charge in [-0.1, -0.05) is 30.3 Å². The average molecular weight is 467 g/mol. The highest BCUT2D eigenvalue weighted by molar-refractivity contribution is 5.94. The molecule has 7 nitrogen and oxygen atoms in total. The first-order chi connectivity index (χ1) is 14.0. The number of nitrogens with zero attached hydrogens (tertiary/aromatic N) is 3. The van der Waals surface area contributed by atoms with E-state index in [0.29, 0.717) is 31.7 Å². The average Bonchev–Trinajstić information content (AvgIpc) is 3.26. The molecular formula is C22H28Cl2N4O3. The molecule has 2 atom stereocenters. The molecule has 0 radical (unpaired) electrons. The van der Waals surface area contributed by atoms with E-state index >= 15 is 0 Å². The molecule has 1 aromatic carbocycles. The Morgan fingerprint density at radius 2 is 1.77 bits per heavy atom. The minimum Gasteiger partial charge on any atom is -0.506 e. The number of amides is 2. The standard InChI is InChI=1S/C22H26N4O3.2ClH/c23-9-20(28)25-12-18-13-26(21(29)17-8-19(27)11-24-10-17)15-22(18,14-25)7-6-16-4-2-1-3-5-16;;/h1-5,8,10-11,18,27H,6-7,9,12-15,23H2;2*1H. The lowest BCUT2D eigenvalue weighted by Gasteiger charge is -2.29. The summed E-state index contributed by atoms with van der Waals surface area (Å²) < 4.78 is 0. The van der Waals surface area contributed by atoms with Crippen LogP contribution in [0.4, 0.5) is 0 Å². The van der Waals surface area contributed by atoms with Crippen LogP contribution in [0.25, 0.3) is 0 Å². The predicted molar refractivity (Wildman–Crippen MR) is 123 cm³/mol. The highest BCUT2D eigenvalue weighted by atomic mass is 35.5. The lowest BCUT2D eigenvalue weighted by Crippen LogP contribution is -2.40. The maximum Gasteiger partial charge on any atom is 0.255 e. The molecule has 4 rings (SSSR count). The Kier molecular flexibility index (Phi) is 8.28. The zero-order chi connectivity index (χ0) is 20.4. The number of aromatic hydroxyl groups is 1. The topological polar surface area (TPSA) is 99.8 Å². The fraction of sp³-hybridized carbons (Fsp3) is 0.409. The molecule has 2 unspecified atom stereocenters. The zero-order valence-electron chi connectivity index (χ0n) is 17.1. The Bertz CT molecular complexity index is 915. The summed E-state index contributed by atoms with van der Waals surface area (Å²) in [6, 6.07) is 11.7. The summed E-state index contributed by atoms with van der Waals surface area (Å²) in [4.78, 5) is 32.8. The Morgan fingerprint density at radius 3 is 2.45 bits per heavy atom. The minimum absolute atomic E-state index is 0. The monoisotopic (exact) mass is 466 g/mol. The molecule has 168 valence electrons. The van der Waals surface area contributed by atoms with Gasteiger partial charge in [0.05, 0.1) is 18.3 Å². The van der Waals surface area contributed by atoms with E-state index in [1.807, 2.05) is 28.0 Å². The molecule has 1 aromatic heterocycles. The van der Waals surface area contributed by atoms with Crippen LogP contribution in [-0.2, 0) is 11.2 Å². The fourth-order valence-corrected chi connectivity index (χ4v) is 4.78. The van der Waals surface area contributed by atoms with E-state index in [1.54, 1.807) is 0 Å². The minimum atomic E-state index is -0.138. The normalized spacial score (nSPS) is 21.8. The molecule has 3 heterocycles. The van der Waals surface area contributed by atoms with Crippen molar-refractivity contribution < 1.29 is 14.7 Å². The Hall–Kier alpha value is -2.35. The van der Waals surface area contributed by atoms with Gasteiger partial charge < -0.3 is 20.6 Å². The number of pyridine rings is 1. The quantitative estimate of drug-likeness (QED) is 0.702. The first-order valence-corrected chi connectivity index (χ1v) is 9.96. The molecule has 0 aliphatic carbocycles. The summed E-state index contributed by atoms with van der Waals surface area (Å²) >= 11 is 0. The summed E-state index contributed by atoms with van der Waals surface area (Å²) in [5.41, 5.74) is 7.09. The van der Waals surface area contributed by atoms with Crippen molar-refractivity contribution in [2.45, 2.75) is 12.8 Å². The van der Waals surface area contributed by atoms with Gasteiger partial charge >= 0.3 is 0 Å². The lowest BCUT2D eigenvalue weighted by molar-refractivity contribution is -0.129. The van der Waals surface area contributed by atoms with Crippen LogP contribution in [0.2, 0.25) is 0 Å². The first kappa shape index (κ1) is 24.9. The number of hydrogen-bond acceptors (Lipinski definition) is 5. The first-order valence-electron chi connectivity index (χ1n) is 9.96. The number of hydrogen-bond donors (Lipinski definition) is 2. The number of benzene rings is 1. The van der Waals surface area contributed by atoms with Crippen LogP contribution in [0.3, 0.4) is 0 Å². The smallest absolute Gasteiger partial charge is 0.255 e. The van der Waals surface area contributed by atoms with Crippen molar-refractivity contribution in [2.24, 2.45) is 17.1 Å². The van der Waals surface area contributed by atoms with Crippen molar-refractivity contribution in [3.8, 4) is 5.75 Å². The number of halogens is 2. The van der Waals surface area contributed by atoms with E-state index in [2.05, 4.69) is 17.1 Å². The van der Waals surface area contributed by atoms with E-state index in [9.17, 15) is 14.7 Å².